The van der Waals surface area contributed by atoms with Gasteiger partial charge in [-0.2, -0.15) is 0 Å². The summed E-state index contributed by atoms with van der Waals surface area (Å²) < 4.78 is 1.14. The molecule has 1 nitrogen and oxygen atoms in total. The zero-order valence-corrected chi connectivity index (χ0v) is 9.08. The van der Waals surface area contributed by atoms with E-state index in [2.05, 4.69) is 40.1 Å². The summed E-state index contributed by atoms with van der Waals surface area (Å²) in [6.45, 7) is 0. The van der Waals surface area contributed by atoms with E-state index in [1.165, 1.54) is 11.9 Å². The maximum atomic E-state index is 4.50. The fraction of sp³-hybridized carbons (Fsp3) is 0.250. The topological polar surface area (TPSA) is 26.0 Å². The number of rotatable bonds is 1. The van der Waals surface area contributed by atoms with E-state index in [1.54, 1.807) is 11.8 Å². The van der Waals surface area contributed by atoms with Crippen LogP contribution in [-0.2, 0) is 0 Å². The Morgan fingerprint density at radius 1 is 1.18 bits per heavy atom. The van der Waals surface area contributed by atoms with E-state index in [4.69, 9.17) is 0 Å². The van der Waals surface area contributed by atoms with E-state index in [0.29, 0.717) is 0 Å². The lowest BCUT2D eigenvalue weighted by molar-refractivity contribution is 1.45. The molecule has 0 saturated heterocycles. The second kappa shape index (κ2) is 6.70. The molecule has 0 heterocycles. The Hall–Kier alpha value is 0.01000. The van der Waals surface area contributed by atoms with E-state index in [0.717, 1.165) is 4.47 Å². The van der Waals surface area contributed by atoms with Gasteiger partial charge in [-0.1, -0.05) is 15.9 Å². The van der Waals surface area contributed by atoms with Crippen molar-refractivity contribution in [2.24, 2.45) is 5.73 Å². The van der Waals surface area contributed by atoms with E-state index < -0.39 is 0 Å². The van der Waals surface area contributed by atoms with Crippen molar-refractivity contribution in [1.29, 1.82) is 0 Å². The molecule has 11 heavy (non-hydrogen) atoms. The monoisotopic (exact) mass is 233 g/mol. The molecule has 0 aromatic heterocycles. The summed E-state index contributed by atoms with van der Waals surface area (Å²) in [6.07, 6.45) is 2.07. The zero-order chi connectivity index (χ0) is 8.69. The summed E-state index contributed by atoms with van der Waals surface area (Å²) in [5.74, 6) is 0. The third-order valence-electron chi connectivity index (χ3n) is 1.05. The van der Waals surface area contributed by atoms with Crippen LogP contribution in [0.4, 0.5) is 0 Å². The molecule has 1 aromatic rings. The maximum absolute atomic E-state index is 4.50. The van der Waals surface area contributed by atoms with Gasteiger partial charge in [-0.15, -0.1) is 11.8 Å². The summed E-state index contributed by atoms with van der Waals surface area (Å²) in [5.41, 5.74) is 4.50. The Balaban J connectivity index is 0.000000461. The molecule has 0 saturated carbocycles. The van der Waals surface area contributed by atoms with Crippen LogP contribution in [-0.4, -0.2) is 13.3 Å². The molecule has 3 heteroatoms. The largest absolute Gasteiger partial charge is 0.333 e. The van der Waals surface area contributed by atoms with Crippen molar-refractivity contribution in [1.82, 2.24) is 0 Å². The predicted octanol–water partition coefficient (Wildman–Crippen LogP) is 2.75. The second-order valence-electron chi connectivity index (χ2n) is 1.66. The van der Waals surface area contributed by atoms with Gasteiger partial charge in [0.2, 0.25) is 0 Å². The quantitative estimate of drug-likeness (QED) is 0.756. The number of thioether (sulfide) groups is 1. The Labute approximate surface area is 80.5 Å². The Morgan fingerprint density at radius 3 is 2.00 bits per heavy atom. The minimum absolute atomic E-state index is 1.14. The van der Waals surface area contributed by atoms with Crippen LogP contribution in [0.15, 0.2) is 33.6 Å². The highest BCUT2D eigenvalue weighted by atomic mass is 79.9. The molecule has 1 aromatic carbocycles. The molecule has 1 rings (SSSR count). The first-order chi connectivity index (χ1) is 5.33. The zero-order valence-electron chi connectivity index (χ0n) is 6.67. The minimum atomic E-state index is 1.14. The van der Waals surface area contributed by atoms with Crippen molar-refractivity contribution < 1.29 is 0 Å². The van der Waals surface area contributed by atoms with Gasteiger partial charge in [-0.05, 0) is 37.6 Å². The van der Waals surface area contributed by atoms with Gasteiger partial charge < -0.3 is 5.73 Å². The third kappa shape index (κ3) is 4.45. The fourth-order valence-corrected chi connectivity index (χ4v) is 1.24. The molecule has 0 fully saturated rings. The lowest BCUT2D eigenvalue weighted by atomic mass is 10.4. The first-order valence-corrected chi connectivity index (χ1v) is 5.22. The third-order valence-corrected chi connectivity index (χ3v) is 2.32. The van der Waals surface area contributed by atoms with Crippen LogP contribution < -0.4 is 5.73 Å². The highest BCUT2D eigenvalue weighted by Gasteiger charge is 1.86. The van der Waals surface area contributed by atoms with Gasteiger partial charge in [0.25, 0.3) is 0 Å². The normalized spacial score (nSPS) is 8.36. The van der Waals surface area contributed by atoms with E-state index in [1.807, 2.05) is 12.1 Å². The van der Waals surface area contributed by atoms with Gasteiger partial charge in [-0.25, -0.2) is 0 Å². The molecule has 62 valence electrons. The summed E-state index contributed by atoms with van der Waals surface area (Å²) in [6, 6.07) is 8.28. The van der Waals surface area contributed by atoms with Gasteiger partial charge in [0.05, 0.1) is 0 Å². The molecule has 0 aliphatic carbocycles. The van der Waals surface area contributed by atoms with Crippen LogP contribution in [0.25, 0.3) is 0 Å². The SMILES string of the molecule is CN.CSc1ccc(Br)cc1. The number of benzene rings is 1. The van der Waals surface area contributed by atoms with E-state index in [-0.39, 0.29) is 0 Å². The van der Waals surface area contributed by atoms with Gasteiger partial charge in [-0.3, -0.25) is 0 Å². The number of hydrogen-bond acceptors (Lipinski definition) is 2. The van der Waals surface area contributed by atoms with Crippen molar-refractivity contribution in [2.75, 3.05) is 13.3 Å². The summed E-state index contributed by atoms with van der Waals surface area (Å²) >= 11 is 5.12. The lowest BCUT2D eigenvalue weighted by Gasteiger charge is -1.92. The molecule has 0 radical (unpaired) electrons. The molecular weight excluding hydrogens is 222 g/mol. The molecular formula is C8H12BrNS. The predicted molar refractivity (Wildman–Crippen MR) is 56.0 cm³/mol. The molecule has 0 aliphatic rings. The van der Waals surface area contributed by atoms with Crippen LogP contribution in [0.2, 0.25) is 0 Å². The van der Waals surface area contributed by atoms with E-state index >= 15 is 0 Å². The average molecular weight is 234 g/mol. The van der Waals surface area contributed by atoms with Gasteiger partial charge in [0, 0.05) is 9.37 Å². The fourth-order valence-electron chi connectivity index (χ4n) is 0.571. The summed E-state index contributed by atoms with van der Waals surface area (Å²) in [5, 5.41) is 0. The average Bonchev–Trinajstić information content (AvgIpc) is 2.10. The lowest BCUT2D eigenvalue weighted by Crippen LogP contribution is -1.69. The molecule has 0 spiro atoms. The second-order valence-corrected chi connectivity index (χ2v) is 3.45. The molecule has 0 unspecified atom stereocenters. The van der Waals surface area contributed by atoms with Crippen LogP contribution in [0.5, 0.6) is 0 Å². The first-order valence-electron chi connectivity index (χ1n) is 3.20. The molecule has 0 aliphatic heterocycles. The Kier molecular flexibility index (Phi) is 6.71. The van der Waals surface area contributed by atoms with E-state index in [9.17, 15) is 0 Å². The Bertz CT molecular complexity index is 186. The molecule has 2 N–H and O–H groups in total. The highest BCUT2D eigenvalue weighted by Crippen LogP contribution is 2.17. The number of hydrogen-bond donors (Lipinski definition) is 1. The van der Waals surface area contributed by atoms with Crippen molar-refractivity contribution in [2.45, 2.75) is 4.90 Å². The van der Waals surface area contributed by atoms with Crippen LogP contribution in [0.3, 0.4) is 0 Å². The van der Waals surface area contributed by atoms with Gasteiger partial charge >= 0.3 is 0 Å². The standard InChI is InChI=1S/C7H7BrS.CH5N/c1-9-7-4-2-6(8)3-5-7;1-2/h2-5H,1H3;2H2,1H3. The molecule has 0 atom stereocenters. The molecule has 0 bridgehead atoms. The summed E-state index contributed by atoms with van der Waals surface area (Å²) in [4.78, 5) is 1.30. The maximum Gasteiger partial charge on any atom is 0.0176 e. The van der Waals surface area contributed by atoms with Crippen molar-refractivity contribution >= 4 is 27.7 Å². The van der Waals surface area contributed by atoms with Gasteiger partial charge in [0.15, 0.2) is 0 Å². The van der Waals surface area contributed by atoms with Crippen molar-refractivity contribution in [3.63, 3.8) is 0 Å². The highest BCUT2D eigenvalue weighted by molar-refractivity contribution is 9.10. The summed E-state index contributed by atoms with van der Waals surface area (Å²) in [7, 11) is 1.50. The van der Waals surface area contributed by atoms with Crippen LogP contribution in [0, 0.1) is 0 Å². The minimum Gasteiger partial charge on any atom is -0.333 e. The number of halogens is 1. The molecule has 0 amide bonds. The van der Waals surface area contributed by atoms with Gasteiger partial charge in [0.1, 0.15) is 0 Å². The smallest absolute Gasteiger partial charge is 0.0176 e. The van der Waals surface area contributed by atoms with Crippen LogP contribution >= 0.6 is 27.7 Å². The number of nitrogens with two attached hydrogens (primary N) is 1. The Morgan fingerprint density at radius 2 is 1.64 bits per heavy atom. The van der Waals surface area contributed by atoms with Crippen molar-refractivity contribution in [3.8, 4) is 0 Å². The van der Waals surface area contributed by atoms with Crippen molar-refractivity contribution in [3.05, 3.63) is 28.7 Å². The first kappa shape index (κ1) is 11.0. The van der Waals surface area contributed by atoms with Crippen LogP contribution in [0.1, 0.15) is 0 Å².